The van der Waals surface area contributed by atoms with Gasteiger partial charge in [-0.15, -0.1) is 0 Å². The third-order valence-corrected chi connectivity index (χ3v) is 4.12. The van der Waals surface area contributed by atoms with E-state index >= 15 is 0 Å². The van der Waals surface area contributed by atoms with Gasteiger partial charge in [0.15, 0.2) is 5.17 Å². The van der Waals surface area contributed by atoms with Gasteiger partial charge in [-0.25, -0.2) is 4.99 Å². The lowest BCUT2D eigenvalue weighted by atomic mass is 10.2. The van der Waals surface area contributed by atoms with Crippen LogP contribution < -0.4 is 5.32 Å². The molecule has 2 aromatic carbocycles. The molecule has 110 valence electrons. The number of amides is 1. The largest absolute Gasteiger partial charge is 0.506 e. The molecule has 1 heterocycles. The van der Waals surface area contributed by atoms with Crippen molar-refractivity contribution < 1.29 is 9.90 Å². The molecule has 0 aromatic heterocycles. The summed E-state index contributed by atoms with van der Waals surface area (Å²) in [6.07, 6.45) is 1.71. The average molecular weight is 331 g/mol. The number of amidine groups is 1. The fourth-order valence-electron chi connectivity index (χ4n) is 1.86. The van der Waals surface area contributed by atoms with Crippen molar-refractivity contribution in [3.8, 4) is 5.75 Å². The summed E-state index contributed by atoms with van der Waals surface area (Å²) in [7, 11) is 0. The molecular formula is C16H11ClN2O2S. The van der Waals surface area contributed by atoms with E-state index in [1.54, 1.807) is 18.2 Å². The number of nitrogens with zero attached hydrogens (tertiary/aromatic N) is 1. The summed E-state index contributed by atoms with van der Waals surface area (Å²) in [5.41, 5.74) is 1.51. The van der Waals surface area contributed by atoms with Gasteiger partial charge in [-0.2, -0.15) is 0 Å². The second-order valence-electron chi connectivity index (χ2n) is 4.53. The second kappa shape index (κ2) is 6.25. The maximum Gasteiger partial charge on any atom is 0.264 e. The highest BCUT2D eigenvalue weighted by atomic mass is 35.5. The van der Waals surface area contributed by atoms with Crippen LogP contribution in [0.4, 0.5) is 5.69 Å². The maximum atomic E-state index is 12.0. The summed E-state index contributed by atoms with van der Waals surface area (Å²) in [4.78, 5) is 16.9. The Morgan fingerprint density at radius 3 is 2.68 bits per heavy atom. The van der Waals surface area contributed by atoms with E-state index in [0.29, 0.717) is 10.1 Å². The zero-order valence-corrected chi connectivity index (χ0v) is 12.9. The van der Waals surface area contributed by atoms with Gasteiger partial charge in [-0.3, -0.25) is 4.79 Å². The number of phenolic OH excluding ortho intramolecular Hbond substituents is 1. The molecule has 0 bridgehead atoms. The van der Waals surface area contributed by atoms with Crippen LogP contribution in [0.5, 0.6) is 5.75 Å². The number of hydrogen-bond donors (Lipinski definition) is 2. The van der Waals surface area contributed by atoms with Crippen LogP contribution in [0.25, 0.3) is 6.08 Å². The number of para-hydroxylation sites is 1. The first-order chi connectivity index (χ1) is 10.6. The lowest BCUT2D eigenvalue weighted by molar-refractivity contribution is -0.115. The van der Waals surface area contributed by atoms with Crippen LogP contribution in [0, 0.1) is 0 Å². The summed E-state index contributed by atoms with van der Waals surface area (Å²) >= 11 is 7.12. The smallest absolute Gasteiger partial charge is 0.264 e. The summed E-state index contributed by atoms with van der Waals surface area (Å²) in [6, 6.07) is 14.2. The maximum absolute atomic E-state index is 12.0. The molecule has 1 aliphatic rings. The highest BCUT2D eigenvalue weighted by molar-refractivity contribution is 8.18. The number of hydrogen-bond acceptors (Lipinski definition) is 4. The molecule has 22 heavy (non-hydrogen) atoms. The van der Waals surface area contributed by atoms with E-state index in [1.807, 2.05) is 30.3 Å². The Labute approximate surface area is 136 Å². The quantitative estimate of drug-likeness (QED) is 0.820. The molecule has 4 nitrogen and oxygen atoms in total. The number of rotatable bonds is 2. The van der Waals surface area contributed by atoms with Gasteiger partial charge < -0.3 is 10.4 Å². The molecule has 6 heteroatoms. The predicted molar refractivity (Wildman–Crippen MR) is 90.4 cm³/mol. The van der Waals surface area contributed by atoms with Gasteiger partial charge in [-0.05, 0) is 47.7 Å². The molecule has 0 aliphatic carbocycles. The van der Waals surface area contributed by atoms with Crippen molar-refractivity contribution in [2.24, 2.45) is 4.99 Å². The molecule has 2 aromatic rings. The number of halogens is 1. The van der Waals surface area contributed by atoms with Crippen LogP contribution in [0.1, 0.15) is 5.56 Å². The fourth-order valence-corrected chi connectivity index (χ4v) is 2.90. The van der Waals surface area contributed by atoms with Crippen LogP contribution in [-0.2, 0) is 4.79 Å². The molecule has 1 fully saturated rings. The number of carbonyl (C=O) groups excluding carboxylic acids is 1. The van der Waals surface area contributed by atoms with E-state index < -0.39 is 0 Å². The lowest BCUT2D eigenvalue weighted by Crippen LogP contribution is -2.19. The zero-order chi connectivity index (χ0) is 15.5. The van der Waals surface area contributed by atoms with Crippen molar-refractivity contribution in [3.63, 3.8) is 0 Å². The molecule has 1 aliphatic heterocycles. The van der Waals surface area contributed by atoms with Gasteiger partial charge in [-0.1, -0.05) is 35.9 Å². The van der Waals surface area contributed by atoms with Gasteiger partial charge in [0, 0.05) is 0 Å². The van der Waals surface area contributed by atoms with Crippen molar-refractivity contribution >= 4 is 46.2 Å². The minimum atomic E-state index is -0.205. The Hall–Kier alpha value is -2.24. The monoisotopic (exact) mass is 330 g/mol. The first-order valence-electron chi connectivity index (χ1n) is 6.45. The topological polar surface area (TPSA) is 61.7 Å². The van der Waals surface area contributed by atoms with Gasteiger partial charge in [0.1, 0.15) is 5.75 Å². The molecular weight excluding hydrogens is 320 g/mol. The summed E-state index contributed by atoms with van der Waals surface area (Å²) in [6.45, 7) is 0. The first kappa shape index (κ1) is 14.7. The Morgan fingerprint density at radius 2 is 1.95 bits per heavy atom. The first-order valence-corrected chi connectivity index (χ1v) is 7.64. The molecule has 0 spiro atoms. The number of aliphatic imine (C=N–C) groups is 1. The molecule has 3 rings (SSSR count). The van der Waals surface area contributed by atoms with E-state index in [1.165, 1.54) is 17.8 Å². The molecule has 1 amide bonds. The van der Waals surface area contributed by atoms with Gasteiger partial charge in [0.25, 0.3) is 5.91 Å². The van der Waals surface area contributed by atoms with Gasteiger partial charge in [0.05, 0.1) is 15.6 Å². The molecule has 1 saturated heterocycles. The van der Waals surface area contributed by atoms with E-state index in [4.69, 9.17) is 11.6 Å². The average Bonchev–Trinajstić information content (AvgIpc) is 2.84. The Kier molecular flexibility index (Phi) is 4.18. The van der Waals surface area contributed by atoms with Crippen LogP contribution >= 0.6 is 23.4 Å². The summed E-state index contributed by atoms with van der Waals surface area (Å²) in [5, 5.41) is 12.9. The van der Waals surface area contributed by atoms with Crippen molar-refractivity contribution in [2.45, 2.75) is 0 Å². The standard InChI is InChI=1S/C16H11ClN2O2S/c17-12-8-10(6-7-13(12)20)9-14-15(21)19-16(22-14)18-11-4-2-1-3-5-11/h1-9,20H,(H,18,19,21). The number of thioether (sulfide) groups is 1. The van der Waals surface area contributed by atoms with E-state index in [0.717, 1.165) is 11.3 Å². The van der Waals surface area contributed by atoms with Crippen molar-refractivity contribution in [2.75, 3.05) is 0 Å². The van der Waals surface area contributed by atoms with Gasteiger partial charge >= 0.3 is 0 Å². The molecule has 2 N–H and O–H groups in total. The van der Waals surface area contributed by atoms with Gasteiger partial charge in [0.2, 0.25) is 0 Å². The summed E-state index contributed by atoms with van der Waals surface area (Å²) in [5.74, 6) is -0.192. The van der Waals surface area contributed by atoms with Crippen molar-refractivity contribution in [3.05, 3.63) is 64.0 Å². The third-order valence-electron chi connectivity index (χ3n) is 2.91. The number of aromatic hydroxyl groups is 1. The lowest BCUT2D eigenvalue weighted by Gasteiger charge is -1.98. The Balaban J connectivity index is 1.84. The van der Waals surface area contributed by atoms with E-state index in [-0.39, 0.29) is 16.7 Å². The van der Waals surface area contributed by atoms with Crippen LogP contribution in [-0.4, -0.2) is 16.2 Å². The SMILES string of the molecule is O=C1NC(=Nc2ccccc2)SC1=Cc1ccc(O)c(Cl)c1. The minimum absolute atomic E-state index is 0.0127. The Bertz CT molecular complexity index is 788. The zero-order valence-electron chi connectivity index (χ0n) is 11.3. The van der Waals surface area contributed by atoms with Crippen LogP contribution in [0.3, 0.4) is 0 Å². The molecule has 0 saturated carbocycles. The molecule has 0 radical (unpaired) electrons. The van der Waals surface area contributed by atoms with Crippen LogP contribution in [0.15, 0.2) is 58.4 Å². The molecule has 0 unspecified atom stereocenters. The normalized spacial score (nSPS) is 18.0. The van der Waals surface area contributed by atoms with E-state index in [2.05, 4.69) is 10.3 Å². The number of nitrogens with one attached hydrogen (secondary N) is 1. The highest BCUT2D eigenvalue weighted by Crippen LogP contribution is 2.30. The van der Waals surface area contributed by atoms with Crippen LogP contribution in [0.2, 0.25) is 5.02 Å². The summed E-state index contributed by atoms with van der Waals surface area (Å²) < 4.78 is 0. The highest BCUT2D eigenvalue weighted by Gasteiger charge is 2.23. The minimum Gasteiger partial charge on any atom is -0.506 e. The fraction of sp³-hybridized carbons (Fsp3) is 0. The van der Waals surface area contributed by atoms with Crippen molar-refractivity contribution in [1.29, 1.82) is 0 Å². The second-order valence-corrected chi connectivity index (χ2v) is 5.97. The number of phenols is 1. The molecule has 0 atom stereocenters. The number of benzene rings is 2. The Morgan fingerprint density at radius 1 is 1.18 bits per heavy atom. The number of carbonyl (C=O) groups is 1. The van der Waals surface area contributed by atoms with E-state index in [9.17, 15) is 9.90 Å². The predicted octanol–water partition coefficient (Wildman–Crippen LogP) is 3.94. The third kappa shape index (κ3) is 3.32. The van der Waals surface area contributed by atoms with Crippen molar-refractivity contribution in [1.82, 2.24) is 5.32 Å².